The number of fused-ring (bicyclic) bond motifs is 5. The second-order valence-corrected chi connectivity index (χ2v) is 12.2. The number of allylic oxidation sites excluding steroid dienone is 1. The minimum absolute atomic E-state index is 0.142. The third kappa shape index (κ3) is 3.19. The molecule has 0 radical (unpaired) electrons. The molecule has 0 aromatic carbocycles. The monoisotopic (exact) mass is 400 g/mol. The van der Waals surface area contributed by atoms with Crippen molar-refractivity contribution in [2.45, 2.75) is 104 Å². The van der Waals surface area contributed by atoms with Gasteiger partial charge in [0.05, 0.1) is 0 Å². The van der Waals surface area contributed by atoms with Gasteiger partial charge in [0.25, 0.3) is 0 Å². The van der Waals surface area contributed by atoms with Crippen molar-refractivity contribution in [3.63, 3.8) is 0 Å². The molecule has 8 atom stereocenters. The second-order valence-electron chi connectivity index (χ2n) is 12.2. The lowest BCUT2D eigenvalue weighted by Gasteiger charge is -2.61. The average Bonchev–Trinajstić information content (AvgIpc) is 3.01. The van der Waals surface area contributed by atoms with Crippen LogP contribution >= 0.6 is 0 Å². The predicted octanol–water partition coefficient (Wildman–Crippen LogP) is 6.57. The molecule has 3 saturated carbocycles. The van der Waals surface area contributed by atoms with Crippen molar-refractivity contribution in [3.05, 3.63) is 12.2 Å². The smallest absolute Gasteiger partial charge is 0.165 e. The summed E-state index contributed by atoms with van der Waals surface area (Å²) in [5.74, 6) is 4.23. The number of carbonyl (C=O) groups is 1. The van der Waals surface area contributed by atoms with Crippen LogP contribution in [0.1, 0.15) is 98.8 Å². The second kappa shape index (κ2) is 7.50. The Morgan fingerprint density at radius 1 is 1.03 bits per heavy atom. The van der Waals surface area contributed by atoms with Crippen LogP contribution in [-0.2, 0) is 4.79 Å². The van der Waals surface area contributed by atoms with Crippen molar-refractivity contribution in [2.24, 2.45) is 46.3 Å². The highest BCUT2D eigenvalue weighted by Crippen LogP contribution is 2.68. The van der Waals surface area contributed by atoms with Crippen LogP contribution in [0.15, 0.2) is 12.2 Å². The van der Waals surface area contributed by atoms with Crippen molar-refractivity contribution >= 4 is 5.78 Å². The molecule has 1 N–H and O–H groups in total. The Morgan fingerprint density at radius 3 is 2.48 bits per heavy atom. The first-order valence-electron chi connectivity index (χ1n) is 12.5. The van der Waals surface area contributed by atoms with E-state index in [-0.39, 0.29) is 11.2 Å². The normalized spacial score (nSPS) is 47.6. The van der Waals surface area contributed by atoms with Crippen LogP contribution in [0.4, 0.5) is 0 Å². The average molecular weight is 401 g/mol. The number of ketones is 1. The van der Waals surface area contributed by atoms with E-state index < -0.39 is 5.60 Å². The molecule has 3 fully saturated rings. The zero-order valence-corrected chi connectivity index (χ0v) is 19.5. The van der Waals surface area contributed by atoms with Gasteiger partial charge in [-0.1, -0.05) is 66.0 Å². The highest BCUT2D eigenvalue weighted by atomic mass is 16.3. The molecule has 0 aliphatic heterocycles. The van der Waals surface area contributed by atoms with Gasteiger partial charge in [-0.05, 0) is 73.0 Å². The third-order valence-electron chi connectivity index (χ3n) is 10.4. The Hall–Kier alpha value is -0.630. The van der Waals surface area contributed by atoms with E-state index in [1.54, 1.807) is 0 Å². The first-order valence-corrected chi connectivity index (χ1v) is 12.5. The van der Waals surface area contributed by atoms with Gasteiger partial charge in [-0.25, -0.2) is 0 Å². The zero-order chi connectivity index (χ0) is 21.0. The number of aliphatic hydroxyl groups is 1. The third-order valence-corrected chi connectivity index (χ3v) is 10.4. The SMILES string of the molecule is CC(C)CCC[C@@H](C)[C@H]1CC[C@H]2[C@@H]3CC(=O)[C@@]4(O)CC=CC[C@]4(C)[C@H]3CC[C@]12C. The molecular weight excluding hydrogens is 356 g/mol. The Balaban J connectivity index is 1.54. The minimum atomic E-state index is -1.11. The molecule has 2 nitrogen and oxygen atoms in total. The lowest BCUT2D eigenvalue weighted by Crippen LogP contribution is -2.65. The number of rotatable bonds is 5. The van der Waals surface area contributed by atoms with Gasteiger partial charge in [-0.3, -0.25) is 4.79 Å². The van der Waals surface area contributed by atoms with Crippen molar-refractivity contribution in [2.75, 3.05) is 0 Å². The van der Waals surface area contributed by atoms with Crippen molar-refractivity contribution < 1.29 is 9.90 Å². The summed E-state index contributed by atoms with van der Waals surface area (Å²) in [4.78, 5) is 13.2. The van der Waals surface area contributed by atoms with E-state index in [1.807, 2.05) is 6.08 Å². The maximum atomic E-state index is 13.2. The first-order chi connectivity index (χ1) is 13.6. The summed E-state index contributed by atoms with van der Waals surface area (Å²) < 4.78 is 0. The first kappa shape index (κ1) is 21.6. The fraction of sp³-hybridized carbons (Fsp3) is 0.889. The summed E-state index contributed by atoms with van der Waals surface area (Å²) in [7, 11) is 0. The van der Waals surface area contributed by atoms with Crippen molar-refractivity contribution in [1.82, 2.24) is 0 Å². The van der Waals surface area contributed by atoms with Gasteiger partial charge in [-0.15, -0.1) is 0 Å². The molecule has 0 aromatic rings. The van der Waals surface area contributed by atoms with E-state index in [1.165, 1.54) is 44.9 Å². The van der Waals surface area contributed by atoms with Crippen LogP contribution in [0, 0.1) is 46.3 Å². The van der Waals surface area contributed by atoms with Crippen LogP contribution in [0.25, 0.3) is 0 Å². The molecule has 4 rings (SSSR count). The molecule has 4 aliphatic rings. The van der Waals surface area contributed by atoms with E-state index in [4.69, 9.17) is 0 Å². The maximum Gasteiger partial charge on any atom is 0.165 e. The summed E-state index contributed by atoms with van der Waals surface area (Å²) in [6.45, 7) is 12.0. The van der Waals surface area contributed by atoms with Crippen molar-refractivity contribution in [1.29, 1.82) is 0 Å². The fourth-order valence-electron chi connectivity index (χ4n) is 8.65. The van der Waals surface area contributed by atoms with E-state index in [0.717, 1.165) is 24.2 Å². The number of carbonyl (C=O) groups excluding carboxylic acids is 1. The summed E-state index contributed by atoms with van der Waals surface area (Å²) in [6.07, 6.45) is 15.5. The van der Waals surface area contributed by atoms with Gasteiger partial charge < -0.3 is 5.11 Å². The van der Waals surface area contributed by atoms with E-state index in [2.05, 4.69) is 40.7 Å². The molecule has 164 valence electrons. The topological polar surface area (TPSA) is 37.3 Å². The molecule has 0 aromatic heterocycles. The fourth-order valence-corrected chi connectivity index (χ4v) is 8.65. The Bertz CT molecular complexity index is 665. The highest BCUT2D eigenvalue weighted by Gasteiger charge is 2.66. The maximum absolute atomic E-state index is 13.2. The minimum Gasteiger partial charge on any atom is -0.381 e. The Kier molecular flexibility index (Phi) is 5.59. The molecule has 0 heterocycles. The predicted molar refractivity (Wildman–Crippen MR) is 119 cm³/mol. The van der Waals surface area contributed by atoms with E-state index >= 15 is 0 Å². The standard InChI is InChI=1S/C27H44O2/c1-18(2)9-8-10-19(3)21-11-12-22-20-17-24(28)27(29)15-7-6-14-26(27,5)23(20)13-16-25(21,22)4/h6-7,18-23,29H,8-17H2,1-5H3/t19-,20+,21-,22+,23+,25-,26-,27+/m1/s1. The lowest BCUT2D eigenvalue weighted by atomic mass is 9.43. The zero-order valence-electron chi connectivity index (χ0n) is 19.5. The summed E-state index contributed by atoms with van der Waals surface area (Å²) in [5, 5.41) is 11.4. The molecule has 0 spiro atoms. The van der Waals surface area contributed by atoms with Crippen LogP contribution in [0.5, 0.6) is 0 Å². The number of hydrogen-bond acceptors (Lipinski definition) is 2. The molecule has 0 bridgehead atoms. The summed E-state index contributed by atoms with van der Waals surface area (Å²) >= 11 is 0. The lowest BCUT2D eigenvalue weighted by molar-refractivity contribution is -0.192. The molecule has 4 aliphatic carbocycles. The largest absolute Gasteiger partial charge is 0.381 e. The van der Waals surface area contributed by atoms with Crippen LogP contribution in [-0.4, -0.2) is 16.5 Å². The molecule has 0 amide bonds. The molecule has 0 unspecified atom stereocenters. The van der Waals surface area contributed by atoms with E-state index in [0.29, 0.717) is 36.0 Å². The van der Waals surface area contributed by atoms with Gasteiger partial charge in [-0.2, -0.15) is 0 Å². The van der Waals surface area contributed by atoms with Gasteiger partial charge in [0.2, 0.25) is 0 Å². The van der Waals surface area contributed by atoms with Crippen molar-refractivity contribution in [3.8, 4) is 0 Å². The van der Waals surface area contributed by atoms with Gasteiger partial charge in [0.15, 0.2) is 5.78 Å². The molecule has 0 saturated heterocycles. The van der Waals surface area contributed by atoms with Gasteiger partial charge in [0, 0.05) is 18.3 Å². The van der Waals surface area contributed by atoms with Crippen LogP contribution in [0.2, 0.25) is 0 Å². The molecule has 2 heteroatoms. The quantitative estimate of drug-likeness (QED) is 0.530. The summed E-state index contributed by atoms with van der Waals surface area (Å²) in [5.41, 5.74) is -0.974. The Labute approximate surface area is 178 Å². The molecule has 29 heavy (non-hydrogen) atoms. The summed E-state index contributed by atoms with van der Waals surface area (Å²) in [6, 6.07) is 0. The number of hydrogen-bond donors (Lipinski definition) is 1. The molecular formula is C27H44O2. The van der Waals surface area contributed by atoms with Gasteiger partial charge >= 0.3 is 0 Å². The van der Waals surface area contributed by atoms with Gasteiger partial charge in [0.1, 0.15) is 5.60 Å². The van der Waals surface area contributed by atoms with E-state index in [9.17, 15) is 9.90 Å². The number of Topliss-reactive ketones (excluding diaryl/α,β-unsaturated/α-hetero) is 1. The Morgan fingerprint density at radius 2 is 1.76 bits per heavy atom. The van der Waals surface area contributed by atoms with Crippen LogP contribution in [0.3, 0.4) is 0 Å². The van der Waals surface area contributed by atoms with Crippen LogP contribution < -0.4 is 0 Å². The highest BCUT2D eigenvalue weighted by molar-refractivity contribution is 5.90.